The van der Waals surface area contributed by atoms with Gasteiger partial charge in [-0.1, -0.05) is 18.9 Å². The van der Waals surface area contributed by atoms with Gasteiger partial charge in [-0.15, -0.1) is 0 Å². The Morgan fingerprint density at radius 2 is 1.74 bits per heavy atom. The van der Waals surface area contributed by atoms with E-state index in [0.29, 0.717) is 11.5 Å². The fourth-order valence-electron chi connectivity index (χ4n) is 4.50. The Kier molecular flexibility index (Phi) is 4.20. The molecule has 1 aromatic carbocycles. The van der Waals surface area contributed by atoms with Gasteiger partial charge in [0.05, 0.1) is 22.4 Å². The molecule has 1 saturated carbocycles. The minimum atomic E-state index is -0.905. The molecule has 0 amide bonds. The highest BCUT2D eigenvalue weighted by Gasteiger charge is 2.53. The van der Waals surface area contributed by atoms with Crippen LogP contribution in [-0.2, 0) is 16.4 Å². The molecular weight excluding hydrogens is 341 g/mol. The van der Waals surface area contributed by atoms with Gasteiger partial charge in [-0.25, -0.2) is 4.79 Å². The van der Waals surface area contributed by atoms with E-state index in [1.54, 1.807) is 12.1 Å². The fourth-order valence-corrected chi connectivity index (χ4v) is 4.50. The third kappa shape index (κ3) is 2.81. The zero-order valence-electron chi connectivity index (χ0n) is 16.8. The molecule has 0 atom stereocenters. The Hall–Kier alpha value is -1.79. The highest BCUT2D eigenvalue weighted by atomic mass is 16.7. The van der Waals surface area contributed by atoms with Crippen molar-refractivity contribution in [1.82, 2.24) is 4.57 Å². The van der Waals surface area contributed by atoms with E-state index in [1.165, 1.54) is 18.4 Å². The van der Waals surface area contributed by atoms with Crippen molar-refractivity contribution >= 4 is 29.6 Å². The number of benzene rings is 1. The Labute approximate surface area is 160 Å². The van der Waals surface area contributed by atoms with Crippen molar-refractivity contribution in [3.8, 4) is 0 Å². The van der Waals surface area contributed by atoms with Crippen molar-refractivity contribution in [3.05, 3.63) is 29.3 Å². The van der Waals surface area contributed by atoms with Crippen molar-refractivity contribution < 1.29 is 19.2 Å². The lowest BCUT2D eigenvalue weighted by molar-refractivity contribution is 0.00578. The topological polar surface area (TPSA) is 60.7 Å². The number of hydrogen-bond donors (Lipinski definition) is 1. The van der Waals surface area contributed by atoms with Crippen molar-refractivity contribution in [2.45, 2.75) is 70.5 Å². The highest BCUT2D eigenvalue weighted by Crippen LogP contribution is 2.41. The number of carbonyl (C=O) groups is 1. The van der Waals surface area contributed by atoms with Crippen LogP contribution in [0, 0.1) is 0 Å². The van der Waals surface area contributed by atoms with E-state index in [0.717, 1.165) is 29.3 Å². The Balaban J connectivity index is 1.92. The molecule has 144 valence electrons. The summed E-state index contributed by atoms with van der Waals surface area (Å²) in [6.07, 6.45) is 4.78. The van der Waals surface area contributed by atoms with Crippen LogP contribution in [0.2, 0.25) is 0 Å². The lowest BCUT2D eigenvalue weighted by atomic mass is 9.77. The van der Waals surface area contributed by atoms with Gasteiger partial charge in [0.25, 0.3) is 0 Å². The zero-order chi connectivity index (χ0) is 19.6. The average Bonchev–Trinajstić information content (AvgIpc) is 3.24. The third-order valence-electron chi connectivity index (χ3n) is 6.77. The normalized spacial score (nSPS) is 22.0. The van der Waals surface area contributed by atoms with E-state index in [4.69, 9.17) is 9.31 Å². The second-order valence-corrected chi connectivity index (χ2v) is 8.96. The molecule has 1 N–H and O–H groups in total. The van der Waals surface area contributed by atoms with Crippen molar-refractivity contribution in [2.24, 2.45) is 7.05 Å². The maximum absolute atomic E-state index is 11.5. The monoisotopic (exact) mass is 369 g/mol. The first kappa shape index (κ1) is 18.6. The summed E-state index contributed by atoms with van der Waals surface area (Å²) in [6.45, 7) is 8.25. The van der Waals surface area contributed by atoms with E-state index in [9.17, 15) is 9.90 Å². The summed E-state index contributed by atoms with van der Waals surface area (Å²) in [4.78, 5) is 11.5. The number of aromatic carboxylic acids is 1. The van der Waals surface area contributed by atoms with Crippen LogP contribution >= 0.6 is 0 Å². The van der Waals surface area contributed by atoms with Crippen LogP contribution in [0.25, 0.3) is 10.9 Å². The smallest absolute Gasteiger partial charge is 0.478 e. The largest absolute Gasteiger partial charge is 0.512 e. The van der Waals surface area contributed by atoms with Gasteiger partial charge in [0, 0.05) is 18.0 Å². The molecule has 2 fully saturated rings. The van der Waals surface area contributed by atoms with E-state index in [-0.39, 0.29) is 0 Å². The first-order chi connectivity index (χ1) is 12.6. The number of fused-ring (bicyclic) bond motifs is 1. The Morgan fingerprint density at radius 1 is 1.15 bits per heavy atom. The van der Waals surface area contributed by atoms with Crippen LogP contribution in [-0.4, -0.2) is 34.0 Å². The van der Waals surface area contributed by atoms with Gasteiger partial charge < -0.3 is 19.0 Å². The molecule has 5 nitrogen and oxygen atoms in total. The molecule has 0 bridgehead atoms. The second kappa shape index (κ2) is 6.11. The molecular formula is C21H28BNO4. The Morgan fingerprint density at radius 3 is 2.30 bits per heavy atom. The van der Waals surface area contributed by atoms with Crippen LogP contribution in [0.5, 0.6) is 0 Å². The molecule has 6 heteroatoms. The van der Waals surface area contributed by atoms with Crippen molar-refractivity contribution in [1.29, 1.82) is 0 Å². The number of aromatic nitrogens is 1. The van der Waals surface area contributed by atoms with Gasteiger partial charge in [0.1, 0.15) is 0 Å². The predicted molar refractivity (Wildman–Crippen MR) is 107 cm³/mol. The third-order valence-corrected chi connectivity index (χ3v) is 6.77. The molecule has 1 saturated heterocycles. The molecule has 1 aliphatic heterocycles. The molecule has 2 aromatic rings. The molecule has 2 heterocycles. The lowest BCUT2D eigenvalue weighted by Gasteiger charge is -2.32. The molecule has 0 unspecified atom stereocenters. The van der Waals surface area contributed by atoms with Crippen LogP contribution in [0.15, 0.2) is 18.2 Å². The number of aryl methyl sites for hydroxylation is 1. The average molecular weight is 369 g/mol. The summed E-state index contributed by atoms with van der Waals surface area (Å²) in [5.74, 6) is -0.434. The number of carboxylic acids is 1. The summed E-state index contributed by atoms with van der Waals surface area (Å²) >= 11 is 0. The maximum atomic E-state index is 11.5. The van der Waals surface area contributed by atoms with Gasteiger partial charge >= 0.3 is 13.1 Å². The number of rotatable bonds is 3. The van der Waals surface area contributed by atoms with Gasteiger partial charge in [-0.05, 0) is 64.2 Å². The molecule has 0 radical (unpaired) electrons. The summed E-state index contributed by atoms with van der Waals surface area (Å²) in [5, 5.41) is 10.5. The molecule has 4 rings (SSSR count). The molecule has 0 spiro atoms. The summed E-state index contributed by atoms with van der Waals surface area (Å²) in [7, 11) is 1.54. The standard InChI is InChI=1S/C21H28BNO4/c1-20(2)21(3,4)27-22(26-20)18-17(13-8-6-7-9-13)15-11-10-14(19(24)25)12-16(15)23(18)5/h10-13H,6-9H2,1-5H3,(H,24,25). The highest BCUT2D eigenvalue weighted by molar-refractivity contribution is 6.62. The van der Waals surface area contributed by atoms with Crippen LogP contribution in [0.4, 0.5) is 0 Å². The summed E-state index contributed by atoms with van der Waals surface area (Å²) in [6, 6.07) is 5.43. The van der Waals surface area contributed by atoms with Crippen LogP contribution < -0.4 is 5.59 Å². The van der Waals surface area contributed by atoms with E-state index >= 15 is 0 Å². The first-order valence-electron chi connectivity index (χ1n) is 9.83. The minimum absolute atomic E-state index is 0.307. The Bertz CT molecular complexity index is 893. The van der Waals surface area contributed by atoms with Gasteiger partial charge in [0.2, 0.25) is 0 Å². The summed E-state index contributed by atoms with van der Waals surface area (Å²) in [5.41, 5.74) is 2.74. The predicted octanol–water partition coefficient (Wildman–Crippen LogP) is 3.83. The number of carboxylic acid groups (broad SMARTS) is 1. The molecule has 1 aromatic heterocycles. The minimum Gasteiger partial charge on any atom is -0.478 e. The van der Waals surface area contributed by atoms with Crippen molar-refractivity contribution in [3.63, 3.8) is 0 Å². The van der Waals surface area contributed by atoms with Gasteiger partial charge in [0.15, 0.2) is 0 Å². The number of hydrogen-bond acceptors (Lipinski definition) is 3. The number of nitrogens with zero attached hydrogens (tertiary/aromatic N) is 1. The van der Waals surface area contributed by atoms with E-state index in [2.05, 4.69) is 32.3 Å². The van der Waals surface area contributed by atoms with E-state index < -0.39 is 24.3 Å². The molecule has 2 aliphatic rings. The zero-order valence-corrected chi connectivity index (χ0v) is 16.8. The quantitative estimate of drug-likeness (QED) is 0.836. The second-order valence-electron chi connectivity index (χ2n) is 8.96. The maximum Gasteiger partial charge on any atom is 0.512 e. The fraction of sp³-hybridized carbons (Fsp3) is 0.571. The van der Waals surface area contributed by atoms with Crippen molar-refractivity contribution in [2.75, 3.05) is 0 Å². The SMILES string of the molecule is Cn1c(B2OC(C)(C)C(C)(C)O2)c(C2CCCC2)c2ccc(C(=O)O)cc21. The van der Waals surface area contributed by atoms with Crippen LogP contribution in [0.1, 0.15) is 75.2 Å². The molecule has 1 aliphatic carbocycles. The van der Waals surface area contributed by atoms with Gasteiger partial charge in [-0.2, -0.15) is 0 Å². The summed E-state index contributed by atoms with van der Waals surface area (Å²) < 4.78 is 14.8. The lowest BCUT2D eigenvalue weighted by Crippen LogP contribution is -2.41. The first-order valence-corrected chi connectivity index (χ1v) is 9.83. The van der Waals surface area contributed by atoms with E-state index in [1.807, 2.05) is 13.1 Å². The van der Waals surface area contributed by atoms with Gasteiger partial charge in [-0.3, -0.25) is 0 Å². The van der Waals surface area contributed by atoms with Crippen LogP contribution in [0.3, 0.4) is 0 Å². The molecule has 27 heavy (non-hydrogen) atoms.